The number of carbonyl (C=O) groups is 1. The summed E-state index contributed by atoms with van der Waals surface area (Å²) >= 11 is 5.69. The number of halogens is 7. The molecule has 2 N–H and O–H groups in total. The molecule has 0 spiro atoms. The zero-order valence-electron chi connectivity index (χ0n) is 13.1. The predicted molar refractivity (Wildman–Crippen MR) is 87.6 cm³/mol. The fourth-order valence-electron chi connectivity index (χ4n) is 1.90. The molecule has 0 bridgehead atoms. The van der Waals surface area contributed by atoms with Crippen LogP contribution in [0.2, 0.25) is 5.02 Å². The number of urea groups is 1. The van der Waals surface area contributed by atoms with Crippen LogP contribution in [-0.4, -0.2) is 12.2 Å². The number of hydrogen-bond donors (Lipinski definition) is 2. The topological polar surface area (TPSA) is 53.5 Å². The number of nitrogens with one attached hydrogen (secondary N) is 2. The standard InChI is InChI=1S/C16H10ClF6N3O/c17-12-3-1-9(2-4-12)8-24-26-14(27)25-13-6-10(15(18,19)20)5-11(7-13)16(21,22)23/h1-8H,(H2,25,26,27)/b24-8+. The van der Waals surface area contributed by atoms with E-state index < -0.39 is 35.2 Å². The molecular formula is C16H10ClF6N3O. The van der Waals surface area contributed by atoms with Gasteiger partial charge in [0.2, 0.25) is 0 Å². The lowest BCUT2D eigenvalue weighted by Crippen LogP contribution is -2.25. The molecule has 0 aliphatic carbocycles. The Morgan fingerprint density at radius 2 is 1.44 bits per heavy atom. The van der Waals surface area contributed by atoms with Crippen LogP contribution in [-0.2, 0) is 12.4 Å². The van der Waals surface area contributed by atoms with Crippen LogP contribution in [0.5, 0.6) is 0 Å². The third-order valence-electron chi connectivity index (χ3n) is 3.10. The lowest BCUT2D eigenvalue weighted by atomic mass is 10.1. The first kappa shape index (κ1) is 20.6. The minimum Gasteiger partial charge on any atom is -0.306 e. The van der Waals surface area contributed by atoms with Crippen molar-refractivity contribution in [3.63, 3.8) is 0 Å². The largest absolute Gasteiger partial charge is 0.416 e. The Morgan fingerprint density at radius 1 is 0.926 bits per heavy atom. The highest BCUT2D eigenvalue weighted by Crippen LogP contribution is 2.37. The molecule has 0 saturated heterocycles. The summed E-state index contributed by atoms with van der Waals surface area (Å²) in [6, 6.07) is 5.89. The Balaban J connectivity index is 2.13. The summed E-state index contributed by atoms with van der Waals surface area (Å²) < 4.78 is 76.6. The normalized spacial score (nSPS) is 12.3. The molecule has 0 unspecified atom stereocenters. The summed E-state index contributed by atoms with van der Waals surface area (Å²) in [7, 11) is 0. The zero-order chi connectivity index (χ0) is 20.2. The van der Waals surface area contributed by atoms with Gasteiger partial charge in [0.05, 0.1) is 17.3 Å². The van der Waals surface area contributed by atoms with Crippen molar-refractivity contribution in [2.24, 2.45) is 5.10 Å². The Labute approximate surface area is 153 Å². The fraction of sp³-hybridized carbons (Fsp3) is 0.125. The molecule has 0 fully saturated rings. The molecule has 0 atom stereocenters. The van der Waals surface area contributed by atoms with Crippen LogP contribution in [0.3, 0.4) is 0 Å². The van der Waals surface area contributed by atoms with Gasteiger partial charge in [-0.25, -0.2) is 10.2 Å². The Kier molecular flexibility index (Phi) is 5.99. The molecule has 11 heteroatoms. The van der Waals surface area contributed by atoms with Gasteiger partial charge in [-0.05, 0) is 35.9 Å². The summed E-state index contributed by atoms with van der Waals surface area (Å²) in [5.41, 5.74) is -1.28. The smallest absolute Gasteiger partial charge is 0.306 e. The van der Waals surface area contributed by atoms with Crippen LogP contribution < -0.4 is 10.7 Å². The second kappa shape index (κ2) is 7.87. The second-order valence-electron chi connectivity index (χ2n) is 5.17. The summed E-state index contributed by atoms with van der Waals surface area (Å²) in [6.45, 7) is 0. The molecular weight excluding hydrogens is 400 g/mol. The minimum atomic E-state index is -5.01. The van der Waals surface area contributed by atoms with Gasteiger partial charge < -0.3 is 5.32 Å². The lowest BCUT2D eigenvalue weighted by Gasteiger charge is -2.14. The van der Waals surface area contributed by atoms with Crippen molar-refractivity contribution in [2.45, 2.75) is 12.4 Å². The molecule has 2 rings (SSSR count). The molecule has 0 aromatic heterocycles. The van der Waals surface area contributed by atoms with Crippen LogP contribution >= 0.6 is 11.6 Å². The van der Waals surface area contributed by atoms with Gasteiger partial charge in [0.15, 0.2) is 0 Å². The predicted octanol–water partition coefficient (Wildman–Crippen LogP) is 5.53. The first-order valence-electron chi connectivity index (χ1n) is 7.10. The van der Waals surface area contributed by atoms with Crippen LogP contribution in [0.1, 0.15) is 16.7 Å². The van der Waals surface area contributed by atoms with Gasteiger partial charge in [-0.1, -0.05) is 23.7 Å². The van der Waals surface area contributed by atoms with E-state index in [9.17, 15) is 31.1 Å². The highest BCUT2D eigenvalue weighted by Gasteiger charge is 2.37. The van der Waals surface area contributed by atoms with E-state index in [0.29, 0.717) is 22.7 Å². The van der Waals surface area contributed by atoms with Crippen molar-refractivity contribution in [2.75, 3.05) is 5.32 Å². The second-order valence-corrected chi connectivity index (χ2v) is 5.61. The van der Waals surface area contributed by atoms with Crippen LogP contribution in [0.4, 0.5) is 36.8 Å². The molecule has 2 aromatic carbocycles. The summed E-state index contributed by atoms with van der Waals surface area (Å²) in [5, 5.41) is 5.89. The minimum absolute atomic E-state index is 0.0399. The van der Waals surface area contributed by atoms with Gasteiger partial charge in [0.25, 0.3) is 0 Å². The van der Waals surface area contributed by atoms with Crippen molar-refractivity contribution in [3.8, 4) is 0 Å². The van der Waals surface area contributed by atoms with E-state index >= 15 is 0 Å². The van der Waals surface area contributed by atoms with Gasteiger partial charge in [0.1, 0.15) is 0 Å². The SMILES string of the molecule is O=C(N/N=C/c1ccc(Cl)cc1)Nc1cc(C(F)(F)F)cc(C(F)(F)F)c1. The Morgan fingerprint density at radius 3 is 1.93 bits per heavy atom. The van der Waals surface area contributed by atoms with Crippen LogP contribution in [0, 0.1) is 0 Å². The van der Waals surface area contributed by atoms with Crippen molar-refractivity contribution in [3.05, 3.63) is 64.2 Å². The van der Waals surface area contributed by atoms with Crippen molar-refractivity contribution < 1.29 is 31.1 Å². The molecule has 2 aromatic rings. The highest BCUT2D eigenvalue weighted by molar-refractivity contribution is 6.30. The number of alkyl halides is 6. The monoisotopic (exact) mass is 409 g/mol. The van der Waals surface area contributed by atoms with Gasteiger partial charge >= 0.3 is 18.4 Å². The Hall–Kier alpha value is -2.75. The average molecular weight is 410 g/mol. The molecule has 0 aliphatic rings. The number of nitrogens with zero attached hydrogens (tertiary/aromatic N) is 1. The van der Waals surface area contributed by atoms with Gasteiger partial charge in [-0.15, -0.1) is 0 Å². The maximum atomic E-state index is 12.8. The number of hydrazone groups is 1. The van der Waals surface area contributed by atoms with E-state index in [1.807, 2.05) is 10.7 Å². The van der Waals surface area contributed by atoms with E-state index in [1.54, 1.807) is 24.3 Å². The van der Waals surface area contributed by atoms with E-state index in [-0.39, 0.29) is 6.07 Å². The quantitative estimate of drug-likeness (QED) is 0.391. The molecule has 0 aliphatic heterocycles. The Bertz CT molecular complexity index is 814. The molecule has 27 heavy (non-hydrogen) atoms. The maximum Gasteiger partial charge on any atom is 0.416 e. The van der Waals surface area contributed by atoms with Crippen molar-refractivity contribution in [1.29, 1.82) is 0 Å². The van der Waals surface area contributed by atoms with E-state index in [1.165, 1.54) is 6.21 Å². The third kappa shape index (κ3) is 6.17. The molecule has 2 amide bonds. The third-order valence-corrected chi connectivity index (χ3v) is 3.35. The van der Waals surface area contributed by atoms with Gasteiger partial charge in [-0.2, -0.15) is 31.4 Å². The number of hydrogen-bond acceptors (Lipinski definition) is 2. The summed E-state index contributed by atoms with van der Waals surface area (Å²) in [6.07, 6.45) is -8.81. The van der Waals surface area contributed by atoms with Crippen LogP contribution in [0.25, 0.3) is 0 Å². The summed E-state index contributed by atoms with van der Waals surface area (Å²) in [5.74, 6) is 0. The number of benzene rings is 2. The fourth-order valence-corrected chi connectivity index (χ4v) is 2.03. The highest BCUT2D eigenvalue weighted by atomic mass is 35.5. The van der Waals surface area contributed by atoms with E-state index in [0.717, 1.165) is 0 Å². The van der Waals surface area contributed by atoms with Crippen molar-refractivity contribution in [1.82, 2.24) is 5.43 Å². The first-order chi connectivity index (χ1) is 12.4. The lowest BCUT2D eigenvalue weighted by molar-refractivity contribution is -0.143. The number of carbonyl (C=O) groups excluding carboxylic acids is 1. The first-order valence-corrected chi connectivity index (χ1v) is 7.48. The van der Waals surface area contributed by atoms with Gasteiger partial charge in [-0.3, -0.25) is 0 Å². The van der Waals surface area contributed by atoms with E-state index in [4.69, 9.17) is 11.6 Å². The number of amides is 2. The molecule has 0 saturated carbocycles. The zero-order valence-corrected chi connectivity index (χ0v) is 13.9. The van der Waals surface area contributed by atoms with E-state index in [2.05, 4.69) is 5.10 Å². The molecule has 0 radical (unpaired) electrons. The molecule has 4 nitrogen and oxygen atoms in total. The molecule has 144 valence electrons. The van der Waals surface area contributed by atoms with Crippen LogP contribution in [0.15, 0.2) is 47.6 Å². The average Bonchev–Trinajstić information content (AvgIpc) is 2.55. The van der Waals surface area contributed by atoms with Gasteiger partial charge in [0, 0.05) is 10.7 Å². The summed E-state index contributed by atoms with van der Waals surface area (Å²) in [4.78, 5) is 11.7. The van der Waals surface area contributed by atoms with Crippen molar-refractivity contribution >= 4 is 29.5 Å². The number of anilines is 1. The number of rotatable bonds is 3. The maximum absolute atomic E-state index is 12.8. The molecule has 0 heterocycles.